The normalized spacial score (nSPS) is 15.8. The molecular formula is C15H22N2O3S. The minimum Gasteiger partial charge on any atom is -0.384 e. The summed E-state index contributed by atoms with van der Waals surface area (Å²) in [5, 5.41) is 3.20. The second-order valence-electron chi connectivity index (χ2n) is 5.03. The van der Waals surface area contributed by atoms with Gasteiger partial charge in [0.1, 0.15) is 0 Å². The van der Waals surface area contributed by atoms with Crippen LogP contribution in [0.2, 0.25) is 0 Å². The molecule has 1 aromatic rings. The number of nitrogens with one attached hydrogen (secondary N) is 2. The molecule has 2 rings (SSSR count). The van der Waals surface area contributed by atoms with E-state index in [1.54, 1.807) is 19.2 Å². The molecule has 0 fully saturated rings. The van der Waals surface area contributed by atoms with Gasteiger partial charge >= 0.3 is 0 Å². The standard InChI is InChI=1S/C15H22N2O3S/c1-20-11-8-13-2-4-15(5-3-13)21(18,19)17-12-14-6-9-16-10-7-14/h2-6,16-17H,7-12H2,1H3. The Kier molecular flexibility index (Phi) is 5.93. The highest BCUT2D eigenvalue weighted by Crippen LogP contribution is 2.12. The van der Waals surface area contributed by atoms with Crippen LogP contribution in [0.25, 0.3) is 0 Å². The Balaban J connectivity index is 1.96. The van der Waals surface area contributed by atoms with Gasteiger partial charge in [-0.15, -0.1) is 0 Å². The molecule has 0 saturated heterocycles. The summed E-state index contributed by atoms with van der Waals surface area (Å²) in [4.78, 5) is 0.304. The van der Waals surface area contributed by atoms with Crippen molar-refractivity contribution in [2.75, 3.05) is 33.4 Å². The average Bonchev–Trinajstić information content (AvgIpc) is 2.52. The third-order valence-corrected chi connectivity index (χ3v) is 4.89. The molecule has 1 aromatic carbocycles. The lowest BCUT2D eigenvalue weighted by Crippen LogP contribution is -2.29. The predicted octanol–water partition coefficient (Wildman–Crippen LogP) is 1.07. The van der Waals surface area contributed by atoms with E-state index in [-0.39, 0.29) is 0 Å². The molecule has 21 heavy (non-hydrogen) atoms. The maximum absolute atomic E-state index is 12.2. The van der Waals surface area contributed by atoms with Gasteiger partial charge in [-0.25, -0.2) is 13.1 Å². The fraction of sp³-hybridized carbons (Fsp3) is 0.467. The molecule has 0 unspecified atom stereocenters. The SMILES string of the molecule is COCCc1ccc(S(=O)(=O)NCC2=CCNCC2)cc1. The third-order valence-electron chi connectivity index (χ3n) is 3.48. The molecule has 0 atom stereocenters. The molecule has 0 radical (unpaired) electrons. The summed E-state index contributed by atoms with van der Waals surface area (Å²) in [5.74, 6) is 0. The van der Waals surface area contributed by atoms with E-state index in [9.17, 15) is 8.42 Å². The minimum absolute atomic E-state index is 0.304. The molecule has 5 nitrogen and oxygen atoms in total. The van der Waals surface area contributed by atoms with Gasteiger partial charge < -0.3 is 10.1 Å². The summed E-state index contributed by atoms with van der Waals surface area (Å²) in [6, 6.07) is 6.95. The van der Waals surface area contributed by atoms with E-state index in [4.69, 9.17) is 4.74 Å². The Hall–Kier alpha value is -1.21. The van der Waals surface area contributed by atoms with Crippen molar-refractivity contribution in [2.24, 2.45) is 0 Å². The summed E-state index contributed by atoms with van der Waals surface area (Å²) in [6.45, 7) is 2.73. The molecule has 0 amide bonds. The number of ether oxygens (including phenoxy) is 1. The van der Waals surface area contributed by atoms with Gasteiger partial charge in [0.15, 0.2) is 0 Å². The topological polar surface area (TPSA) is 67.4 Å². The number of rotatable bonds is 7. The van der Waals surface area contributed by atoms with Crippen molar-refractivity contribution in [1.29, 1.82) is 0 Å². The molecule has 0 spiro atoms. The van der Waals surface area contributed by atoms with Crippen molar-refractivity contribution in [3.8, 4) is 0 Å². The number of sulfonamides is 1. The van der Waals surface area contributed by atoms with Gasteiger partial charge in [-0.3, -0.25) is 0 Å². The van der Waals surface area contributed by atoms with Crippen molar-refractivity contribution < 1.29 is 13.2 Å². The molecule has 0 aromatic heterocycles. The zero-order chi connectivity index (χ0) is 15.1. The van der Waals surface area contributed by atoms with Crippen molar-refractivity contribution in [1.82, 2.24) is 10.0 Å². The molecule has 2 N–H and O–H groups in total. The lowest BCUT2D eigenvalue weighted by atomic mass is 10.1. The Labute approximate surface area is 126 Å². The van der Waals surface area contributed by atoms with Crippen LogP contribution in [-0.4, -0.2) is 41.8 Å². The molecule has 1 heterocycles. The largest absolute Gasteiger partial charge is 0.384 e. The molecule has 0 bridgehead atoms. The van der Waals surface area contributed by atoms with Gasteiger partial charge in [0.05, 0.1) is 11.5 Å². The smallest absolute Gasteiger partial charge is 0.240 e. The van der Waals surface area contributed by atoms with Gasteiger partial charge in [-0.05, 0) is 37.1 Å². The van der Waals surface area contributed by atoms with Gasteiger partial charge in [0.25, 0.3) is 0 Å². The van der Waals surface area contributed by atoms with Crippen LogP contribution in [0, 0.1) is 0 Å². The van der Waals surface area contributed by atoms with E-state index >= 15 is 0 Å². The van der Waals surface area contributed by atoms with Gasteiger partial charge in [-0.2, -0.15) is 0 Å². The zero-order valence-electron chi connectivity index (χ0n) is 12.3. The lowest BCUT2D eigenvalue weighted by Gasteiger charge is -2.14. The van der Waals surface area contributed by atoms with Crippen LogP contribution in [0.3, 0.4) is 0 Å². The first-order valence-corrected chi connectivity index (χ1v) is 8.56. The van der Waals surface area contributed by atoms with Crippen LogP contribution >= 0.6 is 0 Å². The monoisotopic (exact) mass is 310 g/mol. The third kappa shape index (κ3) is 4.93. The van der Waals surface area contributed by atoms with Crippen LogP contribution in [0.15, 0.2) is 40.8 Å². The minimum atomic E-state index is -3.44. The fourth-order valence-electron chi connectivity index (χ4n) is 2.16. The van der Waals surface area contributed by atoms with E-state index in [1.807, 2.05) is 18.2 Å². The van der Waals surface area contributed by atoms with E-state index in [2.05, 4.69) is 10.0 Å². The Morgan fingerprint density at radius 1 is 1.29 bits per heavy atom. The average molecular weight is 310 g/mol. The first-order valence-electron chi connectivity index (χ1n) is 7.08. The van der Waals surface area contributed by atoms with Crippen molar-refractivity contribution in [2.45, 2.75) is 17.7 Å². The maximum Gasteiger partial charge on any atom is 0.240 e. The van der Waals surface area contributed by atoms with E-state index < -0.39 is 10.0 Å². The number of hydrogen-bond acceptors (Lipinski definition) is 4. The number of methoxy groups -OCH3 is 1. The van der Waals surface area contributed by atoms with Gasteiger partial charge in [0.2, 0.25) is 10.0 Å². The lowest BCUT2D eigenvalue weighted by molar-refractivity contribution is 0.202. The summed E-state index contributed by atoms with van der Waals surface area (Å²) >= 11 is 0. The van der Waals surface area contributed by atoms with E-state index in [0.717, 1.165) is 37.1 Å². The molecule has 0 saturated carbocycles. The van der Waals surface area contributed by atoms with Crippen molar-refractivity contribution in [3.63, 3.8) is 0 Å². The van der Waals surface area contributed by atoms with Crippen LogP contribution in [0.5, 0.6) is 0 Å². The Bertz CT molecular complexity index is 579. The van der Waals surface area contributed by atoms with Crippen LogP contribution in [0.1, 0.15) is 12.0 Å². The second-order valence-corrected chi connectivity index (χ2v) is 6.79. The number of hydrogen-bond donors (Lipinski definition) is 2. The quantitative estimate of drug-likeness (QED) is 0.740. The molecule has 1 aliphatic heterocycles. The summed E-state index contributed by atoms with van der Waals surface area (Å²) in [7, 11) is -1.79. The van der Waals surface area contributed by atoms with Crippen molar-refractivity contribution in [3.05, 3.63) is 41.5 Å². The summed E-state index contributed by atoms with van der Waals surface area (Å²) in [5.41, 5.74) is 2.20. The molecule has 116 valence electrons. The van der Waals surface area contributed by atoms with Crippen LogP contribution in [-0.2, 0) is 21.2 Å². The second kappa shape index (κ2) is 7.70. The molecule has 6 heteroatoms. The first kappa shape index (κ1) is 16.2. The maximum atomic E-state index is 12.2. The molecular weight excluding hydrogens is 288 g/mol. The zero-order valence-corrected chi connectivity index (χ0v) is 13.1. The van der Waals surface area contributed by atoms with Crippen molar-refractivity contribution >= 4 is 10.0 Å². The van der Waals surface area contributed by atoms with Crippen LogP contribution < -0.4 is 10.0 Å². The van der Waals surface area contributed by atoms with E-state index in [0.29, 0.717) is 18.0 Å². The van der Waals surface area contributed by atoms with E-state index in [1.165, 1.54) is 0 Å². The fourth-order valence-corrected chi connectivity index (χ4v) is 3.19. The first-order chi connectivity index (χ1) is 10.1. The highest BCUT2D eigenvalue weighted by atomic mass is 32.2. The van der Waals surface area contributed by atoms with Gasteiger partial charge in [0, 0.05) is 20.2 Å². The Morgan fingerprint density at radius 3 is 2.67 bits per heavy atom. The Morgan fingerprint density at radius 2 is 2.05 bits per heavy atom. The van der Waals surface area contributed by atoms with Gasteiger partial charge in [-0.1, -0.05) is 23.8 Å². The highest BCUT2D eigenvalue weighted by molar-refractivity contribution is 7.89. The number of benzene rings is 1. The predicted molar refractivity (Wildman–Crippen MR) is 82.8 cm³/mol. The highest BCUT2D eigenvalue weighted by Gasteiger charge is 2.14. The van der Waals surface area contributed by atoms with Crippen LogP contribution in [0.4, 0.5) is 0 Å². The molecule has 0 aliphatic carbocycles. The summed E-state index contributed by atoms with van der Waals surface area (Å²) in [6.07, 6.45) is 3.71. The molecule has 1 aliphatic rings. The summed E-state index contributed by atoms with van der Waals surface area (Å²) < 4.78 is 32.1.